The van der Waals surface area contributed by atoms with Crippen LogP contribution in [0.3, 0.4) is 0 Å². The van der Waals surface area contributed by atoms with Gasteiger partial charge in [0, 0.05) is 12.4 Å². The Labute approximate surface area is 137 Å². The second-order valence-electron chi connectivity index (χ2n) is 5.05. The minimum absolute atomic E-state index is 0.263. The number of hydrogen-bond acceptors (Lipinski definition) is 6. The maximum absolute atomic E-state index is 11.8. The van der Waals surface area contributed by atoms with E-state index < -0.39 is 17.9 Å². The van der Waals surface area contributed by atoms with Crippen molar-refractivity contribution in [1.29, 1.82) is 0 Å². The van der Waals surface area contributed by atoms with E-state index in [1.54, 1.807) is 26.2 Å². The van der Waals surface area contributed by atoms with Crippen molar-refractivity contribution < 1.29 is 19.1 Å². The first-order valence-electron chi connectivity index (χ1n) is 8.11. The zero-order chi connectivity index (χ0) is 16.9. The molecule has 1 rings (SSSR count). The summed E-state index contributed by atoms with van der Waals surface area (Å²) in [7, 11) is 0. The zero-order valence-electron chi connectivity index (χ0n) is 13.9. The van der Waals surface area contributed by atoms with Crippen LogP contribution in [-0.2, 0) is 25.5 Å². The number of nitrogens with one attached hydrogen (secondary N) is 1. The molecule has 6 nitrogen and oxygen atoms in total. The molecule has 0 atom stereocenters. The summed E-state index contributed by atoms with van der Waals surface area (Å²) in [5.74, 6) is -1.82. The van der Waals surface area contributed by atoms with Gasteiger partial charge >= 0.3 is 11.9 Å². The highest BCUT2D eigenvalue weighted by atomic mass is 16.6. The van der Waals surface area contributed by atoms with Gasteiger partial charge in [0.2, 0.25) is 0 Å². The van der Waals surface area contributed by atoms with Crippen molar-refractivity contribution in [1.82, 2.24) is 10.3 Å². The van der Waals surface area contributed by atoms with Crippen molar-refractivity contribution in [3.05, 3.63) is 30.1 Å². The molecule has 0 amide bonds. The van der Waals surface area contributed by atoms with Crippen molar-refractivity contribution >= 4 is 11.9 Å². The third-order valence-electron chi connectivity index (χ3n) is 3.33. The van der Waals surface area contributed by atoms with Gasteiger partial charge in [-0.25, -0.2) is 0 Å². The summed E-state index contributed by atoms with van der Waals surface area (Å²) in [5.41, 5.74) is 1.23. The Kier molecular flexibility index (Phi) is 9.63. The number of nitrogens with zero attached hydrogens (tertiary/aromatic N) is 1. The number of esters is 2. The Morgan fingerprint density at radius 2 is 1.70 bits per heavy atom. The fourth-order valence-electron chi connectivity index (χ4n) is 2.16. The number of pyridine rings is 1. The topological polar surface area (TPSA) is 77.5 Å². The van der Waals surface area contributed by atoms with Gasteiger partial charge in [-0.2, -0.15) is 0 Å². The SMILES string of the molecule is CCOC(=O)C(CCCNCCc1ccncc1)C(=O)OCC. The number of carbonyl (C=O) groups excluding carboxylic acids is 2. The number of aromatic nitrogens is 1. The molecule has 0 aromatic carbocycles. The molecule has 23 heavy (non-hydrogen) atoms. The monoisotopic (exact) mass is 322 g/mol. The van der Waals surface area contributed by atoms with Gasteiger partial charge in [-0.05, 0) is 63.9 Å². The van der Waals surface area contributed by atoms with Crippen LogP contribution in [0.25, 0.3) is 0 Å². The maximum atomic E-state index is 11.8. The van der Waals surface area contributed by atoms with Crippen LogP contribution in [0.5, 0.6) is 0 Å². The highest BCUT2D eigenvalue weighted by Crippen LogP contribution is 2.11. The molecular weight excluding hydrogens is 296 g/mol. The molecule has 0 aliphatic carbocycles. The van der Waals surface area contributed by atoms with Gasteiger partial charge in [-0.15, -0.1) is 0 Å². The number of rotatable bonds is 11. The molecule has 0 aliphatic heterocycles. The molecule has 0 radical (unpaired) electrons. The van der Waals surface area contributed by atoms with Gasteiger partial charge in [0.1, 0.15) is 0 Å². The first kappa shape index (κ1) is 19.1. The zero-order valence-corrected chi connectivity index (χ0v) is 13.9. The third-order valence-corrected chi connectivity index (χ3v) is 3.33. The van der Waals surface area contributed by atoms with Crippen molar-refractivity contribution in [3.8, 4) is 0 Å². The minimum atomic E-state index is -0.822. The molecule has 1 aromatic rings. The summed E-state index contributed by atoms with van der Waals surface area (Å²) in [6.07, 6.45) is 5.61. The molecule has 0 saturated heterocycles. The summed E-state index contributed by atoms with van der Waals surface area (Å²) >= 11 is 0. The molecule has 128 valence electrons. The van der Waals surface area contributed by atoms with E-state index in [4.69, 9.17) is 9.47 Å². The van der Waals surface area contributed by atoms with E-state index in [9.17, 15) is 9.59 Å². The van der Waals surface area contributed by atoms with E-state index in [0.29, 0.717) is 12.8 Å². The first-order valence-corrected chi connectivity index (χ1v) is 8.11. The van der Waals surface area contributed by atoms with Crippen molar-refractivity contribution in [2.24, 2.45) is 5.92 Å². The van der Waals surface area contributed by atoms with E-state index >= 15 is 0 Å². The fraction of sp³-hybridized carbons (Fsp3) is 0.588. The van der Waals surface area contributed by atoms with Gasteiger partial charge in [-0.1, -0.05) is 0 Å². The lowest BCUT2D eigenvalue weighted by Gasteiger charge is -2.14. The van der Waals surface area contributed by atoms with Crippen LogP contribution in [0.15, 0.2) is 24.5 Å². The highest BCUT2D eigenvalue weighted by Gasteiger charge is 2.28. The lowest BCUT2D eigenvalue weighted by molar-refractivity contribution is -0.161. The molecular formula is C17H26N2O4. The van der Waals surface area contributed by atoms with Crippen molar-refractivity contribution in [2.45, 2.75) is 33.1 Å². The van der Waals surface area contributed by atoms with Crippen LogP contribution >= 0.6 is 0 Å². The Bertz CT molecular complexity index is 447. The molecule has 0 fully saturated rings. The summed E-state index contributed by atoms with van der Waals surface area (Å²) in [4.78, 5) is 27.6. The van der Waals surface area contributed by atoms with Crippen LogP contribution < -0.4 is 5.32 Å². The Hall–Kier alpha value is -1.95. The van der Waals surface area contributed by atoms with E-state index in [1.807, 2.05) is 12.1 Å². The lowest BCUT2D eigenvalue weighted by Crippen LogP contribution is -2.29. The van der Waals surface area contributed by atoms with Gasteiger partial charge in [0.05, 0.1) is 13.2 Å². The molecule has 0 spiro atoms. The van der Waals surface area contributed by atoms with Crippen molar-refractivity contribution in [2.75, 3.05) is 26.3 Å². The fourth-order valence-corrected chi connectivity index (χ4v) is 2.16. The van der Waals surface area contributed by atoms with Crippen molar-refractivity contribution in [3.63, 3.8) is 0 Å². The van der Waals surface area contributed by atoms with E-state index in [0.717, 1.165) is 19.5 Å². The predicted octanol–water partition coefficient (Wildman–Crippen LogP) is 1.74. The molecule has 1 heterocycles. The largest absolute Gasteiger partial charge is 0.465 e. The maximum Gasteiger partial charge on any atom is 0.320 e. The number of hydrogen-bond donors (Lipinski definition) is 1. The molecule has 0 aliphatic rings. The smallest absolute Gasteiger partial charge is 0.320 e. The minimum Gasteiger partial charge on any atom is -0.465 e. The van der Waals surface area contributed by atoms with Crippen LogP contribution in [0.2, 0.25) is 0 Å². The molecule has 0 bridgehead atoms. The molecule has 6 heteroatoms. The van der Waals surface area contributed by atoms with E-state index in [-0.39, 0.29) is 13.2 Å². The lowest BCUT2D eigenvalue weighted by atomic mass is 10.0. The second kappa shape index (κ2) is 11.6. The van der Waals surface area contributed by atoms with E-state index in [1.165, 1.54) is 5.56 Å². The average Bonchev–Trinajstić information content (AvgIpc) is 2.55. The predicted molar refractivity (Wildman–Crippen MR) is 86.8 cm³/mol. The summed E-state index contributed by atoms with van der Waals surface area (Å²) < 4.78 is 9.88. The molecule has 1 N–H and O–H groups in total. The van der Waals surface area contributed by atoms with Crippen LogP contribution in [0, 0.1) is 5.92 Å². The normalized spacial score (nSPS) is 10.6. The average molecular weight is 322 g/mol. The number of ether oxygens (including phenoxy) is 2. The van der Waals surface area contributed by atoms with Crippen LogP contribution in [0.1, 0.15) is 32.3 Å². The second-order valence-corrected chi connectivity index (χ2v) is 5.05. The van der Waals surface area contributed by atoms with Gasteiger partial charge in [0.15, 0.2) is 5.92 Å². The number of carbonyl (C=O) groups is 2. The Morgan fingerprint density at radius 1 is 1.09 bits per heavy atom. The summed E-state index contributed by atoms with van der Waals surface area (Å²) in [5, 5.41) is 3.31. The molecule has 0 unspecified atom stereocenters. The summed E-state index contributed by atoms with van der Waals surface area (Å²) in [6.45, 7) is 5.55. The van der Waals surface area contributed by atoms with Gasteiger partial charge in [0.25, 0.3) is 0 Å². The summed E-state index contributed by atoms with van der Waals surface area (Å²) in [6, 6.07) is 3.97. The van der Waals surface area contributed by atoms with Gasteiger partial charge in [-0.3, -0.25) is 14.6 Å². The Balaban J connectivity index is 2.26. The van der Waals surface area contributed by atoms with E-state index in [2.05, 4.69) is 10.3 Å². The quantitative estimate of drug-likeness (QED) is 0.380. The van der Waals surface area contributed by atoms with Crippen LogP contribution in [-0.4, -0.2) is 43.2 Å². The Morgan fingerprint density at radius 3 is 2.26 bits per heavy atom. The molecule has 0 saturated carbocycles. The highest BCUT2D eigenvalue weighted by molar-refractivity contribution is 5.94. The molecule has 1 aromatic heterocycles. The first-order chi connectivity index (χ1) is 11.2. The van der Waals surface area contributed by atoms with Crippen LogP contribution in [0.4, 0.5) is 0 Å². The van der Waals surface area contributed by atoms with Gasteiger partial charge < -0.3 is 14.8 Å². The standard InChI is InChI=1S/C17H26N2O4/c1-3-22-16(20)15(17(21)23-4-2)6-5-10-18-11-7-14-8-12-19-13-9-14/h8-9,12-13,15,18H,3-7,10-11H2,1-2H3. The third kappa shape index (κ3) is 7.74.